The lowest BCUT2D eigenvalue weighted by molar-refractivity contribution is -0.118. The van der Waals surface area contributed by atoms with Crippen molar-refractivity contribution < 1.29 is 9.59 Å². The number of nitrogens with two attached hydrogens (primary N) is 1. The summed E-state index contributed by atoms with van der Waals surface area (Å²) in [7, 11) is 0. The molecule has 0 bridgehead atoms. The molecule has 6 nitrogen and oxygen atoms in total. The normalized spacial score (nSPS) is 17.7. The van der Waals surface area contributed by atoms with Crippen LogP contribution in [0.25, 0.3) is 0 Å². The highest BCUT2D eigenvalue weighted by Gasteiger charge is 2.22. The first-order valence-corrected chi connectivity index (χ1v) is 7.35. The number of carbonyl (C=O) groups is 2. The number of carbonyl (C=O) groups excluding carboxylic acids is 2. The van der Waals surface area contributed by atoms with E-state index >= 15 is 0 Å². The second-order valence-electron chi connectivity index (χ2n) is 5.45. The van der Waals surface area contributed by atoms with E-state index in [4.69, 9.17) is 5.73 Å². The number of rotatable bonds is 5. The minimum atomic E-state index is -0.545. The monoisotopic (exact) mass is 290 g/mol. The highest BCUT2D eigenvalue weighted by molar-refractivity contribution is 5.96. The molecule has 6 heteroatoms. The predicted molar refractivity (Wildman–Crippen MR) is 81.9 cm³/mol. The number of hydrogen-bond donors (Lipinski definition) is 2. The lowest BCUT2D eigenvalue weighted by Gasteiger charge is -2.18. The molecule has 0 spiro atoms. The van der Waals surface area contributed by atoms with Crippen LogP contribution in [0.3, 0.4) is 0 Å². The van der Waals surface area contributed by atoms with E-state index in [0.29, 0.717) is 12.2 Å². The lowest BCUT2D eigenvalue weighted by Crippen LogP contribution is -2.40. The van der Waals surface area contributed by atoms with Gasteiger partial charge in [0.15, 0.2) is 0 Å². The van der Waals surface area contributed by atoms with Crippen LogP contribution >= 0.6 is 0 Å². The van der Waals surface area contributed by atoms with Gasteiger partial charge in [-0.05, 0) is 24.5 Å². The molecule has 0 aliphatic carbocycles. The fourth-order valence-electron chi connectivity index (χ4n) is 2.26. The molecule has 2 atom stereocenters. The summed E-state index contributed by atoms with van der Waals surface area (Å²) >= 11 is 0. The second-order valence-corrected chi connectivity index (χ2v) is 5.45. The molecule has 0 aromatic carbocycles. The van der Waals surface area contributed by atoms with E-state index in [0.717, 1.165) is 25.1 Å². The molecular formula is C15H22N4O2. The van der Waals surface area contributed by atoms with Crippen molar-refractivity contribution in [3.63, 3.8) is 0 Å². The zero-order valence-corrected chi connectivity index (χ0v) is 12.5. The van der Waals surface area contributed by atoms with Crippen molar-refractivity contribution >= 4 is 23.3 Å². The molecule has 1 aliphatic heterocycles. The Morgan fingerprint density at radius 1 is 1.52 bits per heavy atom. The molecule has 2 unspecified atom stereocenters. The van der Waals surface area contributed by atoms with Crippen molar-refractivity contribution in [2.45, 2.75) is 39.2 Å². The van der Waals surface area contributed by atoms with Crippen LogP contribution in [0.4, 0.5) is 11.5 Å². The Morgan fingerprint density at radius 3 is 2.81 bits per heavy atom. The average Bonchev–Trinajstić information content (AvgIpc) is 2.92. The van der Waals surface area contributed by atoms with Gasteiger partial charge < -0.3 is 16.0 Å². The van der Waals surface area contributed by atoms with Gasteiger partial charge in [-0.15, -0.1) is 0 Å². The Morgan fingerprint density at radius 2 is 2.29 bits per heavy atom. The van der Waals surface area contributed by atoms with Crippen molar-refractivity contribution in [1.82, 2.24) is 4.98 Å². The quantitative estimate of drug-likeness (QED) is 0.860. The van der Waals surface area contributed by atoms with Gasteiger partial charge in [0, 0.05) is 13.0 Å². The molecule has 2 amide bonds. The summed E-state index contributed by atoms with van der Waals surface area (Å²) in [6, 6.07) is 2.94. The predicted octanol–water partition coefficient (Wildman–Crippen LogP) is 1.52. The van der Waals surface area contributed by atoms with Gasteiger partial charge in [-0.25, -0.2) is 4.98 Å². The summed E-state index contributed by atoms with van der Waals surface area (Å²) in [5, 5.41) is 2.71. The third kappa shape index (κ3) is 3.58. The van der Waals surface area contributed by atoms with E-state index in [2.05, 4.69) is 10.3 Å². The molecule has 21 heavy (non-hydrogen) atoms. The largest absolute Gasteiger partial charge is 0.320 e. The lowest BCUT2D eigenvalue weighted by atomic mass is 9.99. The number of hydrogen-bond acceptors (Lipinski definition) is 4. The van der Waals surface area contributed by atoms with Crippen molar-refractivity contribution in [2.24, 2.45) is 11.7 Å². The van der Waals surface area contributed by atoms with Gasteiger partial charge in [0.1, 0.15) is 5.82 Å². The first-order chi connectivity index (χ1) is 10.0. The van der Waals surface area contributed by atoms with Crippen LogP contribution in [0.15, 0.2) is 18.3 Å². The molecular weight excluding hydrogens is 268 g/mol. The smallest absolute Gasteiger partial charge is 0.242 e. The van der Waals surface area contributed by atoms with Crippen molar-refractivity contribution in [2.75, 3.05) is 16.8 Å². The summed E-state index contributed by atoms with van der Waals surface area (Å²) in [5.41, 5.74) is 6.64. The number of anilines is 2. The summed E-state index contributed by atoms with van der Waals surface area (Å²) in [6.07, 6.45) is 3.91. The Balaban J connectivity index is 1.99. The van der Waals surface area contributed by atoms with E-state index in [1.807, 2.05) is 13.8 Å². The number of nitrogens with zero attached hydrogens (tertiary/aromatic N) is 2. The zero-order valence-electron chi connectivity index (χ0n) is 12.5. The number of pyridine rings is 1. The molecule has 0 saturated carbocycles. The maximum absolute atomic E-state index is 12.0. The topological polar surface area (TPSA) is 88.3 Å². The molecule has 3 N–H and O–H groups in total. The molecule has 1 saturated heterocycles. The fourth-order valence-corrected chi connectivity index (χ4v) is 2.26. The van der Waals surface area contributed by atoms with E-state index in [1.165, 1.54) is 0 Å². The third-order valence-electron chi connectivity index (χ3n) is 3.94. The minimum absolute atomic E-state index is 0.117. The van der Waals surface area contributed by atoms with E-state index < -0.39 is 6.04 Å². The highest BCUT2D eigenvalue weighted by atomic mass is 16.2. The van der Waals surface area contributed by atoms with Gasteiger partial charge in [0.2, 0.25) is 11.8 Å². The Labute approximate surface area is 124 Å². The van der Waals surface area contributed by atoms with Crippen molar-refractivity contribution in [1.29, 1.82) is 0 Å². The Hall–Kier alpha value is -1.95. The summed E-state index contributed by atoms with van der Waals surface area (Å²) in [6.45, 7) is 4.67. The van der Waals surface area contributed by atoms with Crippen LogP contribution in [0.2, 0.25) is 0 Å². The van der Waals surface area contributed by atoms with Gasteiger partial charge in [-0.2, -0.15) is 0 Å². The summed E-state index contributed by atoms with van der Waals surface area (Å²) in [4.78, 5) is 29.5. The first kappa shape index (κ1) is 15.4. The van der Waals surface area contributed by atoms with E-state index in [1.54, 1.807) is 23.2 Å². The van der Waals surface area contributed by atoms with Gasteiger partial charge >= 0.3 is 0 Å². The summed E-state index contributed by atoms with van der Waals surface area (Å²) < 4.78 is 0. The first-order valence-electron chi connectivity index (χ1n) is 7.35. The molecule has 114 valence electrons. The standard InChI is InChI=1S/C15H22N4O2/c1-3-10(2)14(16)15(21)18-12-7-6-11(9-17-12)19-8-4-5-13(19)20/h6-7,9-10,14H,3-5,8,16H2,1-2H3,(H,17,18,21). The van der Waals surface area contributed by atoms with Crippen molar-refractivity contribution in [3.8, 4) is 0 Å². The molecule has 1 aromatic heterocycles. The van der Waals surface area contributed by atoms with E-state index in [-0.39, 0.29) is 17.7 Å². The molecule has 1 fully saturated rings. The van der Waals surface area contributed by atoms with Crippen LogP contribution in [-0.4, -0.2) is 29.4 Å². The maximum atomic E-state index is 12.0. The van der Waals surface area contributed by atoms with Gasteiger partial charge in [-0.3, -0.25) is 9.59 Å². The number of nitrogens with one attached hydrogen (secondary N) is 1. The highest BCUT2D eigenvalue weighted by Crippen LogP contribution is 2.21. The summed E-state index contributed by atoms with van der Waals surface area (Å²) in [5.74, 6) is 0.454. The van der Waals surface area contributed by atoms with Gasteiger partial charge in [0.25, 0.3) is 0 Å². The number of aromatic nitrogens is 1. The molecule has 1 aliphatic rings. The molecule has 0 radical (unpaired) electrons. The number of amides is 2. The maximum Gasteiger partial charge on any atom is 0.242 e. The fraction of sp³-hybridized carbons (Fsp3) is 0.533. The van der Waals surface area contributed by atoms with Crippen LogP contribution in [-0.2, 0) is 9.59 Å². The van der Waals surface area contributed by atoms with E-state index in [9.17, 15) is 9.59 Å². The van der Waals surface area contributed by atoms with Crippen LogP contribution in [0, 0.1) is 5.92 Å². The van der Waals surface area contributed by atoms with Gasteiger partial charge in [-0.1, -0.05) is 20.3 Å². The SMILES string of the molecule is CCC(C)C(N)C(=O)Nc1ccc(N2CCCC2=O)cn1. The second kappa shape index (κ2) is 6.67. The Bertz CT molecular complexity index is 515. The van der Waals surface area contributed by atoms with Gasteiger partial charge in [0.05, 0.1) is 17.9 Å². The van der Waals surface area contributed by atoms with Crippen LogP contribution in [0.5, 0.6) is 0 Å². The zero-order chi connectivity index (χ0) is 15.4. The van der Waals surface area contributed by atoms with Crippen LogP contribution in [0.1, 0.15) is 33.1 Å². The molecule has 1 aromatic rings. The molecule has 2 heterocycles. The third-order valence-corrected chi connectivity index (χ3v) is 3.94. The Kier molecular flexibility index (Phi) is 4.90. The average molecular weight is 290 g/mol. The van der Waals surface area contributed by atoms with Crippen molar-refractivity contribution in [3.05, 3.63) is 18.3 Å². The molecule has 2 rings (SSSR count). The minimum Gasteiger partial charge on any atom is -0.320 e. The van der Waals surface area contributed by atoms with Crippen LogP contribution < -0.4 is 16.0 Å².